The van der Waals surface area contributed by atoms with Crippen LogP contribution < -0.4 is 4.74 Å². The van der Waals surface area contributed by atoms with E-state index in [9.17, 15) is 9.90 Å². The van der Waals surface area contributed by atoms with E-state index in [4.69, 9.17) is 9.47 Å². The molecule has 2 aromatic rings. The van der Waals surface area contributed by atoms with E-state index < -0.39 is 11.2 Å². The van der Waals surface area contributed by atoms with Crippen LogP contribution in [0.25, 0.3) is 0 Å². The first-order chi connectivity index (χ1) is 13.7. The van der Waals surface area contributed by atoms with Gasteiger partial charge in [-0.3, -0.25) is 0 Å². The molecule has 0 radical (unpaired) electrons. The van der Waals surface area contributed by atoms with Gasteiger partial charge in [0, 0.05) is 24.9 Å². The van der Waals surface area contributed by atoms with E-state index in [1.165, 1.54) is 0 Å². The Morgan fingerprint density at radius 3 is 2.07 bits per heavy atom. The van der Waals surface area contributed by atoms with E-state index >= 15 is 0 Å². The molecule has 2 saturated heterocycles. The minimum Gasteiger partial charge on any atom is -0.457 e. The number of carbonyl (C=O) groups is 1. The minimum absolute atomic E-state index is 0.00819. The van der Waals surface area contributed by atoms with Crippen molar-refractivity contribution in [1.29, 1.82) is 0 Å². The molecule has 0 saturated carbocycles. The highest BCUT2D eigenvalue weighted by atomic mass is 16.6. The number of amides is 1. The molecule has 2 aliphatic heterocycles. The zero-order valence-corrected chi connectivity index (χ0v) is 17.3. The highest BCUT2D eigenvalue weighted by Crippen LogP contribution is 2.46. The number of piperidine rings is 1. The molecule has 0 aromatic heterocycles. The topological polar surface area (TPSA) is 59.0 Å². The molecule has 29 heavy (non-hydrogen) atoms. The van der Waals surface area contributed by atoms with Gasteiger partial charge < -0.3 is 19.5 Å². The van der Waals surface area contributed by atoms with Crippen molar-refractivity contribution in [1.82, 2.24) is 4.90 Å². The first-order valence-corrected chi connectivity index (χ1v) is 10.3. The second-order valence-electron chi connectivity index (χ2n) is 9.15. The van der Waals surface area contributed by atoms with E-state index in [2.05, 4.69) is 0 Å². The number of fused-ring (bicyclic) bond motifs is 2. The van der Waals surface area contributed by atoms with E-state index in [-0.39, 0.29) is 18.2 Å². The van der Waals surface area contributed by atoms with Crippen molar-refractivity contribution in [2.75, 3.05) is 0 Å². The van der Waals surface area contributed by atoms with Crippen molar-refractivity contribution in [3.8, 4) is 11.5 Å². The molecule has 2 bridgehead atoms. The van der Waals surface area contributed by atoms with E-state index in [0.29, 0.717) is 12.8 Å². The van der Waals surface area contributed by atoms with Crippen molar-refractivity contribution in [3.05, 3.63) is 60.2 Å². The number of nitrogens with zero attached hydrogens (tertiary/aromatic N) is 1. The summed E-state index contributed by atoms with van der Waals surface area (Å²) in [6, 6.07) is 17.3. The number of benzene rings is 2. The molecule has 2 aromatic carbocycles. The molecule has 2 fully saturated rings. The number of ether oxygens (including phenoxy) is 2. The summed E-state index contributed by atoms with van der Waals surface area (Å²) in [5, 5.41) is 11.4. The Kier molecular flexibility index (Phi) is 5.03. The largest absolute Gasteiger partial charge is 0.457 e. The summed E-state index contributed by atoms with van der Waals surface area (Å²) in [6.45, 7) is 5.64. The van der Waals surface area contributed by atoms with Gasteiger partial charge in [-0.25, -0.2) is 4.79 Å². The van der Waals surface area contributed by atoms with Gasteiger partial charge in [0.15, 0.2) is 0 Å². The average Bonchev–Trinajstić information content (AvgIpc) is 2.94. The van der Waals surface area contributed by atoms with Gasteiger partial charge in [-0.05, 0) is 63.4 Å². The second-order valence-corrected chi connectivity index (χ2v) is 9.15. The zero-order valence-electron chi connectivity index (χ0n) is 17.3. The predicted molar refractivity (Wildman–Crippen MR) is 111 cm³/mol. The monoisotopic (exact) mass is 395 g/mol. The Bertz CT molecular complexity index is 843. The van der Waals surface area contributed by atoms with Gasteiger partial charge in [-0.2, -0.15) is 0 Å². The van der Waals surface area contributed by atoms with Crippen LogP contribution in [0.2, 0.25) is 0 Å². The molecule has 2 unspecified atom stereocenters. The SMILES string of the molecule is CC(C)(C)OC(=O)N1C2CCC1CC(O)(c1ccc(Oc3ccccc3)cc1)C2. The molecule has 0 spiro atoms. The van der Waals surface area contributed by atoms with Crippen LogP contribution >= 0.6 is 0 Å². The van der Waals surface area contributed by atoms with Gasteiger partial charge in [0.2, 0.25) is 0 Å². The molecular weight excluding hydrogens is 366 g/mol. The first kappa shape index (κ1) is 19.8. The van der Waals surface area contributed by atoms with E-state index in [1.807, 2.05) is 80.3 Å². The third kappa shape index (κ3) is 4.25. The van der Waals surface area contributed by atoms with Crippen molar-refractivity contribution in [2.24, 2.45) is 0 Å². The van der Waals surface area contributed by atoms with Crippen molar-refractivity contribution < 1.29 is 19.4 Å². The van der Waals surface area contributed by atoms with Crippen molar-refractivity contribution >= 4 is 6.09 Å². The summed E-state index contributed by atoms with van der Waals surface area (Å²) in [5.41, 5.74) is -0.576. The molecule has 2 atom stereocenters. The van der Waals surface area contributed by atoms with E-state index in [1.54, 1.807) is 0 Å². The number of carbonyl (C=O) groups excluding carboxylic acids is 1. The summed E-state index contributed by atoms with van der Waals surface area (Å²) < 4.78 is 11.4. The lowest BCUT2D eigenvalue weighted by atomic mass is 9.80. The fraction of sp³-hybridized carbons (Fsp3) is 0.458. The summed E-state index contributed by atoms with van der Waals surface area (Å²) in [6.07, 6.45) is 2.60. The fourth-order valence-corrected chi connectivity index (χ4v) is 4.53. The van der Waals surface area contributed by atoms with Gasteiger partial charge in [0.05, 0.1) is 5.60 Å². The molecule has 2 heterocycles. The van der Waals surface area contributed by atoms with Gasteiger partial charge in [-0.15, -0.1) is 0 Å². The summed E-state index contributed by atoms with van der Waals surface area (Å²) in [7, 11) is 0. The van der Waals surface area contributed by atoms with E-state index in [0.717, 1.165) is 29.9 Å². The highest BCUT2D eigenvalue weighted by Gasteiger charge is 2.51. The maximum atomic E-state index is 12.6. The number of rotatable bonds is 3. The lowest BCUT2D eigenvalue weighted by Crippen LogP contribution is -2.53. The van der Waals surface area contributed by atoms with Crippen LogP contribution in [0, 0.1) is 0 Å². The average molecular weight is 395 g/mol. The second kappa shape index (κ2) is 7.38. The first-order valence-electron chi connectivity index (χ1n) is 10.3. The number of aliphatic hydroxyl groups is 1. The van der Waals surface area contributed by atoms with Crippen LogP contribution in [0.15, 0.2) is 54.6 Å². The summed E-state index contributed by atoms with van der Waals surface area (Å²) in [4.78, 5) is 14.5. The molecule has 1 amide bonds. The van der Waals surface area contributed by atoms with Crippen LogP contribution in [0.4, 0.5) is 4.79 Å². The summed E-state index contributed by atoms with van der Waals surface area (Å²) in [5.74, 6) is 1.51. The molecule has 0 aliphatic carbocycles. The molecule has 5 nitrogen and oxygen atoms in total. The Hall–Kier alpha value is -2.53. The lowest BCUT2D eigenvalue weighted by Gasteiger charge is -2.44. The Morgan fingerprint density at radius 2 is 1.52 bits per heavy atom. The molecule has 2 aliphatic rings. The standard InChI is InChI=1S/C24H29NO4/c1-23(2,3)29-22(26)25-18-11-12-19(25)16-24(27,15-18)17-9-13-21(14-10-17)28-20-7-5-4-6-8-20/h4-10,13-14,18-19,27H,11-12,15-16H2,1-3H3. The fourth-order valence-electron chi connectivity index (χ4n) is 4.53. The molecule has 5 heteroatoms. The van der Waals surface area contributed by atoms with Gasteiger partial charge in [0.1, 0.15) is 17.1 Å². The van der Waals surface area contributed by atoms with Crippen LogP contribution in [0.3, 0.4) is 0 Å². The van der Waals surface area contributed by atoms with Crippen LogP contribution in [0.1, 0.15) is 52.0 Å². The third-order valence-corrected chi connectivity index (χ3v) is 5.74. The Balaban J connectivity index is 1.47. The quantitative estimate of drug-likeness (QED) is 0.773. The lowest BCUT2D eigenvalue weighted by molar-refractivity contribution is -0.0624. The van der Waals surface area contributed by atoms with Gasteiger partial charge >= 0.3 is 6.09 Å². The van der Waals surface area contributed by atoms with Crippen LogP contribution in [0.5, 0.6) is 11.5 Å². The Morgan fingerprint density at radius 1 is 0.966 bits per heavy atom. The zero-order chi connectivity index (χ0) is 20.6. The van der Waals surface area contributed by atoms with Crippen LogP contribution in [-0.2, 0) is 10.3 Å². The predicted octanol–water partition coefficient (Wildman–Crippen LogP) is 5.23. The molecule has 154 valence electrons. The summed E-state index contributed by atoms with van der Waals surface area (Å²) >= 11 is 0. The maximum Gasteiger partial charge on any atom is 0.410 e. The smallest absolute Gasteiger partial charge is 0.410 e. The van der Waals surface area contributed by atoms with Gasteiger partial charge in [-0.1, -0.05) is 30.3 Å². The number of hydrogen-bond acceptors (Lipinski definition) is 4. The number of para-hydroxylation sites is 1. The third-order valence-electron chi connectivity index (χ3n) is 5.74. The molecule has 1 N–H and O–H groups in total. The van der Waals surface area contributed by atoms with Crippen molar-refractivity contribution in [3.63, 3.8) is 0 Å². The number of hydrogen-bond donors (Lipinski definition) is 1. The van der Waals surface area contributed by atoms with Crippen molar-refractivity contribution in [2.45, 2.75) is 69.7 Å². The molecular formula is C24H29NO4. The highest BCUT2D eigenvalue weighted by molar-refractivity contribution is 5.70. The van der Waals surface area contributed by atoms with Gasteiger partial charge in [0.25, 0.3) is 0 Å². The normalized spacial score (nSPS) is 26.3. The maximum absolute atomic E-state index is 12.6. The van der Waals surface area contributed by atoms with Crippen LogP contribution in [-0.4, -0.2) is 33.8 Å². The molecule has 4 rings (SSSR count). The minimum atomic E-state index is -0.935. The Labute approximate surface area is 172 Å².